The van der Waals surface area contributed by atoms with E-state index in [9.17, 15) is 5.11 Å². The van der Waals surface area contributed by atoms with Gasteiger partial charge >= 0.3 is 0 Å². The highest BCUT2D eigenvalue weighted by Gasteiger charge is 2.23. The van der Waals surface area contributed by atoms with Crippen LogP contribution in [-0.4, -0.2) is 40.6 Å². The molecule has 0 aliphatic carbocycles. The molecule has 4 heteroatoms. The van der Waals surface area contributed by atoms with Crippen LogP contribution < -0.4 is 5.32 Å². The van der Waals surface area contributed by atoms with Gasteiger partial charge in [0.2, 0.25) is 0 Å². The maximum absolute atomic E-state index is 10.9. The molecule has 160 valence electrons. The number of quaternary nitrogens is 1. The fraction of sp³-hybridized carbons (Fsp3) is 0.259. The average molecular weight is 416 g/mol. The molecule has 0 bridgehead atoms. The van der Waals surface area contributed by atoms with Crippen LogP contribution in [0.1, 0.15) is 11.1 Å². The van der Waals surface area contributed by atoms with Crippen molar-refractivity contribution in [2.24, 2.45) is 0 Å². The maximum Gasteiger partial charge on any atom is 0.121 e. The monoisotopic (exact) mass is 415 g/mol. The Labute approximate surface area is 183 Å². The molecular formula is C27H31N2O2+. The Bertz CT molecular complexity index is 1150. The van der Waals surface area contributed by atoms with E-state index >= 15 is 0 Å². The number of nitrogens with zero attached hydrogens (tertiary/aromatic N) is 1. The van der Waals surface area contributed by atoms with Gasteiger partial charge in [0, 0.05) is 10.9 Å². The van der Waals surface area contributed by atoms with E-state index < -0.39 is 6.10 Å². The normalized spacial score (nSPS) is 12.4. The summed E-state index contributed by atoms with van der Waals surface area (Å²) >= 11 is 0. The van der Waals surface area contributed by atoms with Crippen molar-refractivity contribution in [2.45, 2.75) is 26.5 Å². The van der Waals surface area contributed by atoms with Crippen molar-refractivity contribution in [1.82, 2.24) is 4.57 Å². The third kappa shape index (κ3) is 4.42. The van der Waals surface area contributed by atoms with Crippen molar-refractivity contribution in [3.8, 4) is 22.4 Å². The molecule has 1 aromatic heterocycles. The molecule has 4 rings (SSSR count). The number of aliphatic hydroxyl groups is 2. The molecule has 1 heterocycles. The van der Waals surface area contributed by atoms with Gasteiger partial charge in [-0.15, -0.1) is 0 Å². The van der Waals surface area contributed by atoms with Gasteiger partial charge in [-0.25, -0.2) is 0 Å². The van der Waals surface area contributed by atoms with Crippen LogP contribution in [-0.2, 0) is 6.54 Å². The van der Waals surface area contributed by atoms with Crippen molar-refractivity contribution in [2.75, 3.05) is 19.7 Å². The molecule has 0 saturated heterocycles. The van der Waals surface area contributed by atoms with Gasteiger partial charge in [-0.3, -0.25) is 0 Å². The van der Waals surface area contributed by atoms with Crippen molar-refractivity contribution >= 4 is 10.9 Å². The second-order valence-electron chi connectivity index (χ2n) is 8.23. The molecule has 0 fully saturated rings. The lowest BCUT2D eigenvalue weighted by Crippen LogP contribution is -2.87. The largest absolute Gasteiger partial charge is 0.391 e. The minimum Gasteiger partial charge on any atom is -0.391 e. The first-order valence-electron chi connectivity index (χ1n) is 10.9. The number of aryl methyl sites for hydroxylation is 2. The van der Waals surface area contributed by atoms with E-state index in [0.29, 0.717) is 19.6 Å². The molecule has 1 atom stereocenters. The van der Waals surface area contributed by atoms with Gasteiger partial charge in [0.1, 0.15) is 12.6 Å². The zero-order valence-corrected chi connectivity index (χ0v) is 18.3. The van der Waals surface area contributed by atoms with E-state index in [1.807, 2.05) is 17.4 Å². The lowest BCUT2D eigenvalue weighted by Gasteiger charge is -2.17. The van der Waals surface area contributed by atoms with Crippen molar-refractivity contribution in [3.63, 3.8) is 0 Å². The molecule has 4 nitrogen and oxygen atoms in total. The van der Waals surface area contributed by atoms with Crippen LogP contribution in [0, 0.1) is 13.8 Å². The summed E-state index contributed by atoms with van der Waals surface area (Å²) in [6, 6.07) is 25.4. The van der Waals surface area contributed by atoms with Crippen LogP contribution >= 0.6 is 0 Å². The number of fused-ring (bicyclic) bond motifs is 1. The third-order valence-corrected chi connectivity index (χ3v) is 5.77. The van der Waals surface area contributed by atoms with Gasteiger partial charge in [0.15, 0.2) is 0 Å². The SMILES string of the molecule is Cc1cc(C)c2c(c1)c(-c1ccccc1)c(-c1ccccc1)n2C[C@H](O)C[NH2+]CCO. The topological polar surface area (TPSA) is 62.0 Å². The molecule has 0 unspecified atom stereocenters. The predicted octanol–water partition coefficient (Wildman–Crippen LogP) is 3.51. The number of aliphatic hydroxyl groups excluding tert-OH is 2. The van der Waals surface area contributed by atoms with Crippen molar-refractivity contribution in [3.05, 3.63) is 83.9 Å². The highest BCUT2D eigenvalue weighted by Crippen LogP contribution is 2.42. The number of hydrogen-bond donors (Lipinski definition) is 3. The number of aromatic nitrogens is 1. The smallest absolute Gasteiger partial charge is 0.121 e. The molecule has 3 aromatic carbocycles. The Kier molecular flexibility index (Phi) is 6.52. The quantitative estimate of drug-likeness (QED) is 0.386. The fourth-order valence-corrected chi connectivity index (χ4v) is 4.55. The van der Waals surface area contributed by atoms with Gasteiger partial charge < -0.3 is 20.1 Å². The molecular weight excluding hydrogens is 384 g/mol. The van der Waals surface area contributed by atoms with E-state index in [1.54, 1.807) is 0 Å². The first-order chi connectivity index (χ1) is 15.1. The fourth-order valence-electron chi connectivity index (χ4n) is 4.55. The lowest BCUT2D eigenvalue weighted by molar-refractivity contribution is -0.662. The molecule has 0 amide bonds. The third-order valence-electron chi connectivity index (χ3n) is 5.77. The van der Waals surface area contributed by atoms with Crippen LogP contribution in [0.3, 0.4) is 0 Å². The highest BCUT2D eigenvalue weighted by molar-refractivity contribution is 6.06. The van der Waals surface area contributed by atoms with Crippen molar-refractivity contribution in [1.29, 1.82) is 0 Å². The summed E-state index contributed by atoms with van der Waals surface area (Å²) in [5.74, 6) is 0. The van der Waals surface area contributed by atoms with Gasteiger partial charge in [-0.2, -0.15) is 0 Å². The minimum absolute atomic E-state index is 0.116. The zero-order chi connectivity index (χ0) is 21.8. The molecule has 0 aliphatic rings. The summed E-state index contributed by atoms with van der Waals surface area (Å²) < 4.78 is 2.29. The van der Waals surface area contributed by atoms with Gasteiger partial charge in [-0.05, 0) is 36.6 Å². The first-order valence-corrected chi connectivity index (χ1v) is 10.9. The van der Waals surface area contributed by atoms with E-state index in [0.717, 1.165) is 11.3 Å². The summed E-state index contributed by atoms with van der Waals surface area (Å²) in [5, 5.41) is 23.1. The minimum atomic E-state index is -0.520. The molecule has 4 aromatic rings. The Hall–Kier alpha value is -2.92. The average Bonchev–Trinajstić information content (AvgIpc) is 3.09. The maximum atomic E-state index is 10.9. The van der Waals surface area contributed by atoms with E-state index in [-0.39, 0.29) is 6.61 Å². The van der Waals surface area contributed by atoms with Crippen LogP contribution in [0.2, 0.25) is 0 Å². The highest BCUT2D eigenvalue weighted by atomic mass is 16.3. The lowest BCUT2D eigenvalue weighted by atomic mass is 9.97. The van der Waals surface area contributed by atoms with E-state index in [1.165, 1.54) is 33.2 Å². The molecule has 0 radical (unpaired) electrons. The number of benzene rings is 3. The van der Waals surface area contributed by atoms with Crippen LogP contribution in [0.5, 0.6) is 0 Å². The van der Waals surface area contributed by atoms with Crippen LogP contribution in [0.15, 0.2) is 72.8 Å². The molecule has 31 heavy (non-hydrogen) atoms. The summed E-state index contributed by atoms with van der Waals surface area (Å²) in [5.41, 5.74) is 8.27. The summed E-state index contributed by atoms with van der Waals surface area (Å²) in [4.78, 5) is 0. The molecule has 0 saturated carbocycles. The Balaban J connectivity index is 1.98. The number of rotatable bonds is 8. The molecule has 4 N–H and O–H groups in total. The van der Waals surface area contributed by atoms with Gasteiger partial charge in [-0.1, -0.05) is 72.3 Å². The van der Waals surface area contributed by atoms with Gasteiger partial charge in [0.05, 0.1) is 30.9 Å². The Morgan fingerprint density at radius 1 is 0.903 bits per heavy atom. The summed E-state index contributed by atoms with van der Waals surface area (Å²) in [7, 11) is 0. The molecule has 0 aliphatic heterocycles. The van der Waals surface area contributed by atoms with E-state index in [4.69, 9.17) is 5.11 Å². The summed E-state index contributed by atoms with van der Waals surface area (Å²) in [6.45, 7) is 6.06. The molecule has 0 spiro atoms. The number of nitrogens with two attached hydrogens (primary N) is 1. The predicted molar refractivity (Wildman–Crippen MR) is 127 cm³/mol. The second-order valence-corrected chi connectivity index (χ2v) is 8.23. The Morgan fingerprint density at radius 2 is 1.55 bits per heavy atom. The zero-order valence-electron chi connectivity index (χ0n) is 18.3. The Morgan fingerprint density at radius 3 is 2.19 bits per heavy atom. The van der Waals surface area contributed by atoms with Gasteiger partial charge in [0.25, 0.3) is 0 Å². The first kappa shape index (κ1) is 21.3. The summed E-state index contributed by atoms with van der Waals surface area (Å²) in [6.07, 6.45) is -0.520. The second kappa shape index (κ2) is 9.48. The van der Waals surface area contributed by atoms with Crippen LogP contribution in [0.25, 0.3) is 33.3 Å². The van der Waals surface area contributed by atoms with Crippen molar-refractivity contribution < 1.29 is 15.5 Å². The van der Waals surface area contributed by atoms with Crippen LogP contribution in [0.4, 0.5) is 0 Å². The van der Waals surface area contributed by atoms with E-state index in [2.05, 4.69) is 79.1 Å². The standard InChI is InChI=1S/C27H30N2O2/c1-19-15-20(2)26-24(16-19)25(21-9-5-3-6-10-21)27(22-11-7-4-8-12-22)29(26)18-23(31)17-28-13-14-30/h3-12,15-16,23,28,30-31H,13-14,17-18H2,1-2H3/p+1/t23-/m1/s1. The number of hydrogen-bond acceptors (Lipinski definition) is 2.